The third kappa shape index (κ3) is 3.87. The predicted octanol–water partition coefficient (Wildman–Crippen LogP) is 4.53. The molecule has 0 amide bonds. The van der Waals surface area contributed by atoms with Crippen LogP contribution in [0.4, 0.5) is 8.78 Å². The van der Waals surface area contributed by atoms with Gasteiger partial charge in [-0.2, -0.15) is 5.26 Å². The first kappa shape index (κ1) is 19.5. The first-order valence-electron chi connectivity index (χ1n) is 8.22. The van der Waals surface area contributed by atoms with Crippen LogP contribution in [0, 0.1) is 23.0 Å². The molecule has 0 spiro atoms. The molecule has 0 atom stereocenters. The number of carbonyl (C=O) groups is 2. The maximum atomic E-state index is 13.3. The van der Waals surface area contributed by atoms with Crippen LogP contribution in [0.25, 0.3) is 10.9 Å². The summed E-state index contributed by atoms with van der Waals surface area (Å²) in [5.41, 5.74) is 0.735. The molecule has 0 radical (unpaired) electrons. The molecular formula is C20H13ClF2N2O3. The molecule has 0 aliphatic heterocycles. The molecule has 142 valence electrons. The standard InChI is InChI=1S/C20H13ClF2N2O3/c21-15-9-17(23)16(22)8-13(15)20(27)28-11-19(26)14-10-25(7-3-6-24)18-5-2-1-4-12(14)18/h1-2,4-5,8-10H,3,7,11H2. The van der Waals surface area contributed by atoms with Gasteiger partial charge in [0, 0.05) is 29.2 Å². The van der Waals surface area contributed by atoms with Gasteiger partial charge in [-0.15, -0.1) is 0 Å². The number of halogens is 3. The number of fused-ring (bicyclic) bond motifs is 1. The van der Waals surface area contributed by atoms with E-state index in [4.69, 9.17) is 21.6 Å². The van der Waals surface area contributed by atoms with Gasteiger partial charge >= 0.3 is 5.97 Å². The summed E-state index contributed by atoms with van der Waals surface area (Å²) in [6.07, 6.45) is 1.87. The summed E-state index contributed by atoms with van der Waals surface area (Å²) in [7, 11) is 0. The summed E-state index contributed by atoms with van der Waals surface area (Å²) in [5.74, 6) is -3.95. The molecule has 0 saturated carbocycles. The largest absolute Gasteiger partial charge is 0.454 e. The number of nitrogens with zero attached hydrogens (tertiary/aromatic N) is 2. The van der Waals surface area contributed by atoms with E-state index in [9.17, 15) is 18.4 Å². The highest BCUT2D eigenvalue weighted by Crippen LogP contribution is 2.23. The minimum Gasteiger partial charge on any atom is -0.454 e. The normalized spacial score (nSPS) is 10.6. The molecule has 3 rings (SSSR count). The third-order valence-corrected chi connectivity index (χ3v) is 4.43. The minimum absolute atomic E-state index is 0.274. The van der Waals surface area contributed by atoms with Crippen molar-refractivity contribution in [3.05, 3.63) is 70.4 Å². The zero-order valence-corrected chi connectivity index (χ0v) is 15.2. The van der Waals surface area contributed by atoms with Gasteiger partial charge in [0.25, 0.3) is 0 Å². The van der Waals surface area contributed by atoms with Crippen molar-refractivity contribution in [2.75, 3.05) is 6.61 Å². The molecule has 8 heteroatoms. The Kier molecular flexibility index (Phi) is 5.71. The van der Waals surface area contributed by atoms with E-state index < -0.39 is 30.0 Å². The van der Waals surface area contributed by atoms with Crippen LogP contribution in [-0.4, -0.2) is 22.9 Å². The monoisotopic (exact) mass is 402 g/mol. The summed E-state index contributed by atoms with van der Waals surface area (Å²) in [6, 6.07) is 10.5. The fourth-order valence-corrected chi connectivity index (χ4v) is 3.02. The molecule has 0 unspecified atom stereocenters. The highest BCUT2D eigenvalue weighted by molar-refractivity contribution is 6.33. The second-order valence-corrected chi connectivity index (χ2v) is 6.31. The molecule has 3 aromatic rings. The Morgan fingerprint density at radius 2 is 1.86 bits per heavy atom. The van der Waals surface area contributed by atoms with Gasteiger partial charge in [-0.25, -0.2) is 13.6 Å². The van der Waals surface area contributed by atoms with E-state index in [1.807, 2.05) is 18.2 Å². The Morgan fingerprint density at radius 3 is 2.61 bits per heavy atom. The summed E-state index contributed by atoms with van der Waals surface area (Å²) in [5, 5.41) is 9.12. The van der Waals surface area contributed by atoms with Crippen LogP contribution in [0.5, 0.6) is 0 Å². The van der Waals surface area contributed by atoms with Crippen LogP contribution >= 0.6 is 11.6 Å². The number of para-hydroxylation sites is 1. The van der Waals surface area contributed by atoms with Gasteiger partial charge in [0.15, 0.2) is 18.2 Å². The fraction of sp³-hybridized carbons (Fsp3) is 0.150. The van der Waals surface area contributed by atoms with E-state index in [-0.39, 0.29) is 17.0 Å². The molecule has 0 bridgehead atoms. The van der Waals surface area contributed by atoms with Crippen molar-refractivity contribution in [3.63, 3.8) is 0 Å². The highest BCUT2D eigenvalue weighted by atomic mass is 35.5. The lowest BCUT2D eigenvalue weighted by atomic mass is 10.1. The zero-order valence-electron chi connectivity index (χ0n) is 14.4. The Morgan fingerprint density at radius 1 is 1.14 bits per heavy atom. The van der Waals surface area contributed by atoms with Crippen molar-refractivity contribution < 1.29 is 23.1 Å². The molecule has 28 heavy (non-hydrogen) atoms. The van der Waals surface area contributed by atoms with Gasteiger partial charge in [0.05, 0.1) is 23.1 Å². The maximum absolute atomic E-state index is 13.3. The van der Waals surface area contributed by atoms with E-state index in [2.05, 4.69) is 0 Å². The lowest BCUT2D eigenvalue weighted by molar-refractivity contribution is 0.0474. The van der Waals surface area contributed by atoms with Crippen LogP contribution < -0.4 is 0 Å². The summed E-state index contributed by atoms with van der Waals surface area (Å²) in [4.78, 5) is 24.7. The molecule has 5 nitrogen and oxygen atoms in total. The molecule has 0 N–H and O–H groups in total. The highest BCUT2D eigenvalue weighted by Gasteiger charge is 2.20. The second-order valence-electron chi connectivity index (χ2n) is 5.91. The minimum atomic E-state index is -1.25. The van der Waals surface area contributed by atoms with Crippen LogP contribution in [0.3, 0.4) is 0 Å². The van der Waals surface area contributed by atoms with E-state index in [1.54, 1.807) is 22.9 Å². The number of ether oxygens (including phenoxy) is 1. The van der Waals surface area contributed by atoms with Gasteiger partial charge in [-0.3, -0.25) is 4.79 Å². The SMILES string of the molecule is N#CCCn1cc(C(=O)COC(=O)c2cc(F)c(F)cc2Cl)c2ccccc21. The number of hydrogen-bond acceptors (Lipinski definition) is 4. The first-order chi connectivity index (χ1) is 13.4. The maximum Gasteiger partial charge on any atom is 0.340 e. The fourth-order valence-electron chi connectivity index (χ4n) is 2.79. The van der Waals surface area contributed by atoms with Gasteiger partial charge < -0.3 is 9.30 Å². The lowest BCUT2D eigenvalue weighted by Gasteiger charge is -2.06. The topological polar surface area (TPSA) is 72.1 Å². The summed E-state index contributed by atoms with van der Waals surface area (Å²) < 4.78 is 33.2. The van der Waals surface area contributed by atoms with Gasteiger partial charge in [0.2, 0.25) is 5.78 Å². The Labute approximate surface area is 163 Å². The number of ketones is 1. The molecule has 1 aromatic heterocycles. The number of nitriles is 1. The van der Waals surface area contributed by atoms with E-state index in [0.29, 0.717) is 29.6 Å². The predicted molar refractivity (Wildman–Crippen MR) is 98.1 cm³/mol. The van der Waals surface area contributed by atoms with Gasteiger partial charge in [0.1, 0.15) is 0 Å². The van der Waals surface area contributed by atoms with Gasteiger partial charge in [-0.1, -0.05) is 29.8 Å². The van der Waals surface area contributed by atoms with Crippen LogP contribution in [0.2, 0.25) is 5.02 Å². The van der Waals surface area contributed by atoms with Crippen molar-refractivity contribution in [2.24, 2.45) is 0 Å². The van der Waals surface area contributed by atoms with Crippen LogP contribution in [0.1, 0.15) is 27.1 Å². The summed E-state index contributed by atoms with van der Waals surface area (Å²) >= 11 is 5.74. The van der Waals surface area contributed by atoms with Gasteiger partial charge in [-0.05, 0) is 18.2 Å². The Hall–Kier alpha value is -3.24. The number of Topliss-reactive ketones (excluding diaryl/α,β-unsaturated/α-hetero) is 1. The average Bonchev–Trinajstić information content (AvgIpc) is 3.06. The number of carbonyl (C=O) groups excluding carboxylic acids is 2. The summed E-state index contributed by atoms with van der Waals surface area (Å²) in [6.45, 7) is -0.186. The van der Waals surface area contributed by atoms with Crippen LogP contribution in [0.15, 0.2) is 42.6 Å². The molecule has 2 aromatic carbocycles. The second kappa shape index (κ2) is 8.19. The average molecular weight is 403 g/mol. The van der Waals surface area contributed by atoms with E-state index >= 15 is 0 Å². The van der Waals surface area contributed by atoms with Crippen molar-refractivity contribution in [2.45, 2.75) is 13.0 Å². The van der Waals surface area contributed by atoms with Crippen molar-refractivity contribution in [1.82, 2.24) is 4.57 Å². The van der Waals surface area contributed by atoms with Crippen LogP contribution in [-0.2, 0) is 11.3 Å². The van der Waals surface area contributed by atoms with E-state index in [1.165, 1.54) is 0 Å². The quantitative estimate of drug-likeness (QED) is 0.345. The molecule has 0 saturated heterocycles. The number of hydrogen-bond donors (Lipinski definition) is 0. The Bertz CT molecular complexity index is 1120. The van der Waals surface area contributed by atoms with E-state index in [0.717, 1.165) is 5.52 Å². The number of aromatic nitrogens is 1. The zero-order chi connectivity index (χ0) is 20.3. The molecular weight excluding hydrogens is 390 g/mol. The molecule has 1 heterocycles. The van der Waals surface area contributed by atoms with Crippen molar-refractivity contribution in [1.29, 1.82) is 5.26 Å². The molecule has 0 fully saturated rings. The molecule has 0 aliphatic rings. The number of benzene rings is 2. The third-order valence-electron chi connectivity index (χ3n) is 4.12. The van der Waals surface area contributed by atoms with Crippen molar-refractivity contribution in [3.8, 4) is 6.07 Å². The smallest absolute Gasteiger partial charge is 0.340 e. The first-order valence-corrected chi connectivity index (χ1v) is 8.60. The number of esters is 1. The Balaban J connectivity index is 1.79. The van der Waals surface area contributed by atoms with Crippen molar-refractivity contribution >= 4 is 34.3 Å². The molecule has 0 aliphatic carbocycles. The lowest BCUT2D eigenvalue weighted by Crippen LogP contribution is -2.15. The number of rotatable bonds is 6. The number of aryl methyl sites for hydroxylation is 1.